The Morgan fingerprint density at radius 2 is 2.08 bits per heavy atom. The summed E-state index contributed by atoms with van der Waals surface area (Å²) < 4.78 is 41.3. The predicted octanol–water partition coefficient (Wildman–Crippen LogP) is 0.556. The molecule has 0 radical (unpaired) electrons. The summed E-state index contributed by atoms with van der Waals surface area (Å²) in [5, 5.41) is 10.2. The molecule has 3 rings (SSSR count). The molecule has 1 aromatic rings. The molecule has 2 aliphatic rings. The SMILES string of the molecule is NCC[C@H]1CCc2cc(O)c(N3CC(=O)NS3(=O)=O)c(F)c2CC1. The largest absolute Gasteiger partial charge is 0.506 e. The van der Waals surface area contributed by atoms with Crippen LogP contribution in [0.5, 0.6) is 5.75 Å². The minimum Gasteiger partial charge on any atom is -0.506 e. The minimum absolute atomic E-state index is 0.381. The van der Waals surface area contributed by atoms with Crippen LogP contribution in [0.25, 0.3) is 0 Å². The van der Waals surface area contributed by atoms with E-state index in [0.29, 0.717) is 40.7 Å². The molecule has 1 aliphatic heterocycles. The van der Waals surface area contributed by atoms with E-state index >= 15 is 4.39 Å². The highest BCUT2D eigenvalue weighted by molar-refractivity contribution is 7.92. The number of halogens is 1. The summed E-state index contributed by atoms with van der Waals surface area (Å²) in [5.74, 6) is -1.61. The monoisotopic (exact) mass is 357 g/mol. The minimum atomic E-state index is -4.17. The van der Waals surface area contributed by atoms with Gasteiger partial charge in [0.25, 0.3) is 5.91 Å². The van der Waals surface area contributed by atoms with Gasteiger partial charge in [-0.1, -0.05) is 0 Å². The van der Waals surface area contributed by atoms with Crippen LogP contribution in [0.3, 0.4) is 0 Å². The van der Waals surface area contributed by atoms with Crippen LogP contribution in [-0.4, -0.2) is 32.5 Å². The number of nitrogens with one attached hydrogen (secondary N) is 1. The van der Waals surface area contributed by atoms with Crippen molar-refractivity contribution in [2.24, 2.45) is 11.7 Å². The number of carbonyl (C=O) groups excluding carboxylic acids is 1. The molecule has 0 saturated carbocycles. The number of aryl methyl sites for hydroxylation is 1. The Morgan fingerprint density at radius 1 is 1.38 bits per heavy atom. The molecule has 4 N–H and O–H groups in total. The van der Waals surface area contributed by atoms with Crippen LogP contribution in [-0.2, 0) is 27.8 Å². The van der Waals surface area contributed by atoms with E-state index < -0.39 is 39.9 Å². The first-order chi connectivity index (χ1) is 11.3. The van der Waals surface area contributed by atoms with Crippen LogP contribution in [0, 0.1) is 11.7 Å². The summed E-state index contributed by atoms with van der Waals surface area (Å²) in [4.78, 5) is 11.4. The Balaban J connectivity index is 2.02. The molecule has 0 spiro atoms. The topological polar surface area (TPSA) is 113 Å². The maximum absolute atomic E-state index is 15.0. The summed E-state index contributed by atoms with van der Waals surface area (Å²) in [6.45, 7) is 0.0290. The summed E-state index contributed by atoms with van der Waals surface area (Å²) in [6.07, 6.45) is 3.52. The second kappa shape index (κ2) is 6.21. The number of phenolic OH excluding ortho intramolecular Hbond substituents is 1. The number of benzene rings is 1. The van der Waals surface area contributed by atoms with Crippen molar-refractivity contribution in [2.75, 3.05) is 17.4 Å². The van der Waals surface area contributed by atoms with E-state index in [0.717, 1.165) is 19.3 Å². The Labute approximate surface area is 139 Å². The Kier molecular flexibility index (Phi) is 4.39. The van der Waals surface area contributed by atoms with E-state index in [1.54, 1.807) is 4.72 Å². The van der Waals surface area contributed by atoms with Gasteiger partial charge in [-0.2, -0.15) is 8.42 Å². The molecule has 1 aromatic carbocycles. The van der Waals surface area contributed by atoms with Gasteiger partial charge in [0, 0.05) is 0 Å². The molecule has 24 heavy (non-hydrogen) atoms. The van der Waals surface area contributed by atoms with Gasteiger partial charge in [0.2, 0.25) is 0 Å². The molecule has 0 unspecified atom stereocenters. The first kappa shape index (κ1) is 17.0. The molecule has 0 bridgehead atoms. The molecule has 0 aromatic heterocycles. The van der Waals surface area contributed by atoms with E-state index in [1.165, 1.54) is 6.07 Å². The van der Waals surface area contributed by atoms with Crippen molar-refractivity contribution in [1.29, 1.82) is 0 Å². The highest BCUT2D eigenvalue weighted by Gasteiger charge is 2.38. The summed E-state index contributed by atoms with van der Waals surface area (Å²) in [6, 6.07) is 1.41. The second-order valence-electron chi connectivity index (χ2n) is 6.25. The van der Waals surface area contributed by atoms with Gasteiger partial charge in [0.15, 0.2) is 5.82 Å². The molecule has 1 saturated heterocycles. The van der Waals surface area contributed by atoms with E-state index in [2.05, 4.69) is 0 Å². The second-order valence-corrected chi connectivity index (χ2v) is 7.85. The van der Waals surface area contributed by atoms with E-state index in [-0.39, 0.29) is 0 Å². The van der Waals surface area contributed by atoms with Crippen molar-refractivity contribution in [3.05, 3.63) is 23.0 Å². The number of carbonyl (C=O) groups is 1. The molecule has 7 nitrogen and oxygen atoms in total. The number of phenols is 1. The van der Waals surface area contributed by atoms with Crippen LogP contribution in [0.1, 0.15) is 30.4 Å². The maximum atomic E-state index is 15.0. The number of nitrogens with zero attached hydrogens (tertiary/aromatic N) is 1. The van der Waals surface area contributed by atoms with Gasteiger partial charge in [-0.05, 0) is 61.8 Å². The fraction of sp³-hybridized carbons (Fsp3) is 0.533. The summed E-state index contributed by atoms with van der Waals surface area (Å²) >= 11 is 0. The third-order valence-electron chi connectivity index (χ3n) is 4.68. The molecule has 1 fully saturated rings. The molecule has 1 heterocycles. The lowest BCUT2D eigenvalue weighted by atomic mass is 9.96. The average molecular weight is 357 g/mol. The van der Waals surface area contributed by atoms with Gasteiger partial charge < -0.3 is 10.8 Å². The van der Waals surface area contributed by atoms with Crippen molar-refractivity contribution in [3.63, 3.8) is 0 Å². The molecule has 1 amide bonds. The van der Waals surface area contributed by atoms with Gasteiger partial charge in [-0.15, -0.1) is 0 Å². The lowest BCUT2D eigenvalue weighted by molar-refractivity contribution is -0.117. The van der Waals surface area contributed by atoms with E-state index in [1.807, 2.05) is 0 Å². The van der Waals surface area contributed by atoms with Gasteiger partial charge in [-0.3, -0.25) is 4.79 Å². The van der Waals surface area contributed by atoms with Gasteiger partial charge >= 0.3 is 10.2 Å². The number of amides is 1. The van der Waals surface area contributed by atoms with Crippen LogP contribution in [0.2, 0.25) is 0 Å². The standard InChI is InChI=1S/C15H20FN3O4S/c16-14-11-4-2-9(5-6-17)1-3-10(11)7-12(20)15(14)19-8-13(21)18-24(19,22)23/h7,9,20H,1-6,8,17H2,(H,18,21)/t9-/m0/s1. The predicted molar refractivity (Wildman–Crippen MR) is 86.3 cm³/mol. The lowest BCUT2D eigenvalue weighted by Crippen LogP contribution is -2.30. The first-order valence-electron chi connectivity index (χ1n) is 7.90. The summed E-state index contributed by atoms with van der Waals surface area (Å²) in [7, 11) is -4.17. The van der Waals surface area contributed by atoms with Crippen LogP contribution >= 0.6 is 0 Å². The van der Waals surface area contributed by atoms with Gasteiger partial charge in [-0.25, -0.2) is 13.4 Å². The molecule has 9 heteroatoms. The zero-order valence-electron chi connectivity index (χ0n) is 13.1. The Morgan fingerprint density at radius 3 is 2.71 bits per heavy atom. The smallest absolute Gasteiger partial charge is 0.326 e. The Hall–Kier alpha value is -1.87. The number of hydrogen-bond acceptors (Lipinski definition) is 5. The zero-order chi connectivity index (χ0) is 17.5. The van der Waals surface area contributed by atoms with Crippen molar-refractivity contribution < 1.29 is 22.7 Å². The molecule has 132 valence electrons. The van der Waals surface area contributed by atoms with E-state index in [9.17, 15) is 18.3 Å². The average Bonchev–Trinajstić information content (AvgIpc) is 2.66. The Bertz CT molecular complexity index is 781. The molecule has 1 aliphatic carbocycles. The maximum Gasteiger partial charge on any atom is 0.326 e. The van der Waals surface area contributed by atoms with Crippen molar-refractivity contribution >= 4 is 21.8 Å². The molecular formula is C15H20FN3O4S. The first-order valence-corrected chi connectivity index (χ1v) is 9.34. The van der Waals surface area contributed by atoms with Gasteiger partial charge in [0.1, 0.15) is 18.0 Å². The highest BCUT2D eigenvalue weighted by Crippen LogP contribution is 2.40. The van der Waals surface area contributed by atoms with Crippen molar-refractivity contribution in [3.8, 4) is 5.75 Å². The lowest BCUT2D eigenvalue weighted by Gasteiger charge is -2.20. The molecular weight excluding hydrogens is 337 g/mol. The number of nitrogens with two attached hydrogens (primary N) is 1. The van der Waals surface area contributed by atoms with Crippen LogP contribution < -0.4 is 14.8 Å². The number of fused-ring (bicyclic) bond motifs is 1. The van der Waals surface area contributed by atoms with Crippen LogP contribution in [0.15, 0.2) is 6.07 Å². The fourth-order valence-corrected chi connectivity index (χ4v) is 4.63. The third kappa shape index (κ3) is 2.93. The van der Waals surface area contributed by atoms with E-state index in [4.69, 9.17) is 5.73 Å². The van der Waals surface area contributed by atoms with Crippen molar-refractivity contribution in [2.45, 2.75) is 32.1 Å². The number of aromatic hydroxyl groups is 1. The number of anilines is 1. The summed E-state index contributed by atoms with van der Waals surface area (Å²) in [5.41, 5.74) is 6.24. The quantitative estimate of drug-likeness (QED) is 0.684. The fourth-order valence-electron chi connectivity index (χ4n) is 3.47. The van der Waals surface area contributed by atoms with Gasteiger partial charge in [0.05, 0.1) is 0 Å². The number of hydrogen-bond donors (Lipinski definition) is 3. The van der Waals surface area contributed by atoms with Crippen LogP contribution in [0.4, 0.5) is 10.1 Å². The highest BCUT2D eigenvalue weighted by atomic mass is 32.2. The zero-order valence-corrected chi connectivity index (χ0v) is 13.9. The normalized spacial score (nSPS) is 22.8. The number of rotatable bonds is 3. The van der Waals surface area contributed by atoms with Crippen molar-refractivity contribution in [1.82, 2.24) is 4.72 Å². The molecule has 1 atom stereocenters. The third-order valence-corrected chi connectivity index (χ3v) is 6.06.